The predicted molar refractivity (Wildman–Crippen MR) is 137 cm³/mol. The standard InChI is InChI=1S/C26H22FN5O3S/c1-34-19-9-3-16(4-10-19)14-32(18-7-5-17(27)6-8-18)23(33)15-36-26-29-25-24(30-31-26)21-13-20(35-2)11-12-22(21)28-25/h3-13H,14-15H2,1-2H3,(H,28,29,31). The molecule has 0 aliphatic rings. The molecule has 0 aliphatic heterocycles. The van der Waals surface area contributed by atoms with E-state index in [1.54, 1.807) is 31.3 Å². The van der Waals surface area contributed by atoms with Crippen molar-refractivity contribution in [3.63, 3.8) is 0 Å². The maximum absolute atomic E-state index is 13.5. The average molecular weight is 504 g/mol. The van der Waals surface area contributed by atoms with Gasteiger partial charge in [0.05, 0.1) is 26.5 Å². The van der Waals surface area contributed by atoms with Gasteiger partial charge >= 0.3 is 0 Å². The molecule has 0 saturated carbocycles. The van der Waals surface area contributed by atoms with Crippen molar-refractivity contribution in [2.75, 3.05) is 24.9 Å². The first-order valence-electron chi connectivity index (χ1n) is 11.1. The summed E-state index contributed by atoms with van der Waals surface area (Å²) in [4.78, 5) is 22.7. The molecule has 10 heteroatoms. The molecule has 36 heavy (non-hydrogen) atoms. The van der Waals surface area contributed by atoms with Gasteiger partial charge in [-0.25, -0.2) is 9.37 Å². The number of fused-ring (bicyclic) bond motifs is 3. The molecule has 0 radical (unpaired) electrons. The van der Waals surface area contributed by atoms with Crippen LogP contribution in [0, 0.1) is 5.82 Å². The molecule has 5 aromatic rings. The summed E-state index contributed by atoms with van der Waals surface area (Å²) in [6, 6.07) is 18.9. The summed E-state index contributed by atoms with van der Waals surface area (Å²) in [7, 11) is 3.21. The van der Waals surface area contributed by atoms with Gasteiger partial charge in [0.15, 0.2) is 5.65 Å². The Hall–Kier alpha value is -4.18. The van der Waals surface area contributed by atoms with Crippen molar-refractivity contribution in [1.82, 2.24) is 20.2 Å². The van der Waals surface area contributed by atoms with Gasteiger partial charge in [-0.15, -0.1) is 10.2 Å². The molecule has 5 rings (SSSR count). The Bertz CT molecular complexity index is 1520. The number of H-pyrrole nitrogens is 1. The van der Waals surface area contributed by atoms with Crippen LogP contribution in [0.3, 0.4) is 0 Å². The Balaban J connectivity index is 1.36. The van der Waals surface area contributed by atoms with Crippen molar-refractivity contribution in [2.45, 2.75) is 11.7 Å². The zero-order valence-corrected chi connectivity index (χ0v) is 20.4. The number of nitrogens with zero attached hydrogens (tertiary/aromatic N) is 4. The highest BCUT2D eigenvalue weighted by atomic mass is 32.2. The number of ether oxygens (including phenoxy) is 2. The van der Waals surface area contributed by atoms with Gasteiger partial charge in [0.25, 0.3) is 0 Å². The lowest BCUT2D eigenvalue weighted by Crippen LogP contribution is -2.32. The number of amides is 1. The molecule has 3 aromatic carbocycles. The van der Waals surface area contributed by atoms with E-state index in [0.717, 1.165) is 22.2 Å². The Morgan fingerprint density at radius 1 is 0.972 bits per heavy atom. The third kappa shape index (κ3) is 4.94. The minimum Gasteiger partial charge on any atom is -0.497 e. The van der Waals surface area contributed by atoms with Crippen LogP contribution in [0.15, 0.2) is 71.9 Å². The van der Waals surface area contributed by atoms with Crippen LogP contribution >= 0.6 is 11.8 Å². The molecule has 0 atom stereocenters. The van der Waals surface area contributed by atoms with Crippen LogP contribution in [0.5, 0.6) is 11.5 Å². The number of carbonyl (C=O) groups is 1. The number of hydrogen-bond acceptors (Lipinski definition) is 7. The van der Waals surface area contributed by atoms with E-state index in [0.29, 0.717) is 34.3 Å². The highest BCUT2D eigenvalue weighted by Crippen LogP contribution is 2.28. The molecule has 0 spiro atoms. The largest absolute Gasteiger partial charge is 0.497 e. The minimum atomic E-state index is -0.367. The number of methoxy groups -OCH3 is 2. The van der Waals surface area contributed by atoms with Crippen LogP contribution in [-0.4, -0.2) is 46.0 Å². The normalized spacial score (nSPS) is 11.1. The average Bonchev–Trinajstić information content (AvgIpc) is 3.28. The number of aromatic amines is 1. The third-order valence-electron chi connectivity index (χ3n) is 5.67. The summed E-state index contributed by atoms with van der Waals surface area (Å²) in [5, 5.41) is 9.76. The first-order valence-corrected chi connectivity index (χ1v) is 12.0. The molecule has 182 valence electrons. The monoisotopic (exact) mass is 503 g/mol. The molecule has 0 unspecified atom stereocenters. The summed E-state index contributed by atoms with van der Waals surface area (Å²) in [6.07, 6.45) is 0. The molecule has 0 saturated heterocycles. The lowest BCUT2D eigenvalue weighted by Gasteiger charge is -2.23. The summed E-state index contributed by atoms with van der Waals surface area (Å²) < 4.78 is 24.0. The first kappa shape index (κ1) is 23.6. The third-order valence-corrected chi connectivity index (χ3v) is 6.49. The van der Waals surface area contributed by atoms with Gasteiger partial charge in [-0.1, -0.05) is 23.9 Å². The first-order chi connectivity index (χ1) is 17.5. The SMILES string of the molecule is COc1ccc(CN(C(=O)CSc2nnc3c(n2)[nH]c2ccc(OC)cc23)c2ccc(F)cc2)cc1. The summed E-state index contributed by atoms with van der Waals surface area (Å²) in [5.41, 5.74) is 3.58. The van der Waals surface area contributed by atoms with Gasteiger partial charge in [0, 0.05) is 16.6 Å². The highest BCUT2D eigenvalue weighted by Gasteiger charge is 2.19. The number of aromatic nitrogens is 4. The maximum Gasteiger partial charge on any atom is 0.237 e. The van der Waals surface area contributed by atoms with Gasteiger partial charge in [-0.3, -0.25) is 4.79 Å². The van der Waals surface area contributed by atoms with Crippen molar-refractivity contribution in [1.29, 1.82) is 0 Å². The Morgan fingerprint density at radius 3 is 2.42 bits per heavy atom. The van der Waals surface area contributed by atoms with E-state index in [1.807, 2.05) is 42.5 Å². The number of hydrogen-bond donors (Lipinski definition) is 1. The molecule has 2 aromatic heterocycles. The molecule has 8 nitrogen and oxygen atoms in total. The van der Waals surface area contributed by atoms with E-state index in [9.17, 15) is 9.18 Å². The summed E-state index contributed by atoms with van der Waals surface area (Å²) >= 11 is 1.19. The minimum absolute atomic E-state index is 0.0781. The summed E-state index contributed by atoms with van der Waals surface area (Å²) in [6.45, 7) is 0.316. The molecule has 0 fully saturated rings. The molecule has 0 bridgehead atoms. The smallest absolute Gasteiger partial charge is 0.237 e. The van der Waals surface area contributed by atoms with Gasteiger partial charge in [0.1, 0.15) is 22.8 Å². The second-order valence-corrected chi connectivity index (χ2v) is 8.86. The number of carbonyl (C=O) groups excluding carboxylic acids is 1. The number of halogens is 1. The lowest BCUT2D eigenvalue weighted by molar-refractivity contribution is -0.116. The fourth-order valence-corrected chi connectivity index (χ4v) is 4.45. The van der Waals surface area contributed by atoms with Gasteiger partial charge in [-0.05, 0) is 60.2 Å². The molecular weight excluding hydrogens is 481 g/mol. The molecular formula is C26H22FN5O3S. The van der Waals surface area contributed by atoms with Crippen molar-refractivity contribution in [3.8, 4) is 11.5 Å². The molecule has 0 aliphatic carbocycles. The van der Waals surface area contributed by atoms with Crippen LogP contribution in [-0.2, 0) is 11.3 Å². The van der Waals surface area contributed by atoms with Gasteiger partial charge in [0.2, 0.25) is 11.1 Å². The van der Waals surface area contributed by atoms with Gasteiger partial charge < -0.3 is 19.4 Å². The van der Waals surface area contributed by atoms with E-state index >= 15 is 0 Å². The second kappa shape index (κ2) is 10.2. The fourth-order valence-electron chi connectivity index (χ4n) is 3.79. The Morgan fingerprint density at radius 2 is 1.69 bits per heavy atom. The number of thioether (sulfide) groups is 1. The van der Waals surface area contributed by atoms with Crippen LogP contribution in [0.25, 0.3) is 22.1 Å². The van der Waals surface area contributed by atoms with E-state index in [1.165, 1.54) is 23.9 Å². The van der Waals surface area contributed by atoms with Crippen molar-refractivity contribution in [2.24, 2.45) is 0 Å². The van der Waals surface area contributed by atoms with E-state index in [-0.39, 0.29) is 17.5 Å². The quantitative estimate of drug-likeness (QED) is 0.298. The number of rotatable bonds is 8. The van der Waals surface area contributed by atoms with Gasteiger partial charge in [-0.2, -0.15) is 0 Å². The van der Waals surface area contributed by atoms with Crippen LogP contribution in [0.1, 0.15) is 5.56 Å². The van der Waals surface area contributed by atoms with Crippen LogP contribution < -0.4 is 14.4 Å². The zero-order valence-electron chi connectivity index (χ0n) is 19.6. The fraction of sp³-hybridized carbons (Fsp3) is 0.154. The van der Waals surface area contributed by atoms with Crippen molar-refractivity contribution in [3.05, 3.63) is 78.1 Å². The van der Waals surface area contributed by atoms with Crippen LogP contribution in [0.2, 0.25) is 0 Å². The van der Waals surface area contributed by atoms with E-state index < -0.39 is 0 Å². The van der Waals surface area contributed by atoms with E-state index in [4.69, 9.17) is 9.47 Å². The number of benzene rings is 3. The summed E-state index contributed by atoms with van der Waals surface area (Å²) in [5.74, 6) is 0.979. The second-order valence-electron chi connectivity index (χ2n) is 7.92. The number of nitrogens with one attached hydrogen (secondary N) is 1. The zero-order chi connectivity index (χ0) is 25.1. The number of anilines is 1. The van der Waals surface area contributed by atoms with Crippen LogP contribution in [0.4, 0.5) is 10.1 Å². The topological polar surface area (TPSA) is 93.2 Å². The Kier molecular flexibility index (Phi) is 6.68. The van der Waals surface area contributed by atoms with Crippen molar-refractivity contribution < 1.29 is 18.7 Å². The highest BCUT2D eigenvalue weighted by molar-refractivity contribution is 7.99. The molecule has 2 heterocycles. The van der Waals surface area contributed by atoms with E-state index in [2.05, 4.69) is 20.2 Å². The molecule has 1 amide bonds. The maximum atomic E-state index is 13.5. The predicted octanol–water partition coefficient (Wildman–Crippen LogP) is 4.99. The lowest BCUT2D eigenvalue weighted by atomic mass is 10.2. The molecule has 1 N–H and O–H groups in total. The Labute approximate surface area is 210 Å². The van der Waals surface area contributed by atoms with Crippen molar-refractivity contribution >= 4 is 45.4 Å².